The van der Waals surface area contributed by atoms with Crippen LogP contribution in [0.25, 0.3) is 5.69 Å². The van der Waals surface area contributed by atoms with Gasteiger partial charge >= 0.3 is 0 Å². The molecule has 0 radical (unpaired) electrons. The Balaban J connectivity index is 1.85. The first-order valence-electron chi connectivity index (χ1n) is 7.22. The topological polar surface area (TPSA) is 59.8 Å². The normalized spacial score (nSPS) is 10.5. The third kappa shape index (κ3) is 3.48. The number of aryl methyl sites for hydroxylation is 1. The maximum Gasteiger partial charge on any atom is 0.256 e. The summed E-state index contributed by atoms with van der Waals surface area (Å²) in [5, 5.41) is 10.5. The molecule has 3 aromatic rings. The Morgan fingerprint density at radius 1 is 1.13 bits per heavy atom. The highest BCUT2D eigenvalue weighted by atomic mass is 79.9. The molecule has 0 bridgehead atoms. The largest absolute Gasteiger partial charge is 0.322 e. The summed E-state index contributed by atoms with van der Waals surface area (Å²) < 4.78 is 2.48. The number of amides is 1. The van der Waals surface area contributed by atoms with Crippen molar-refractivity contribution in [3.63, 3.8) is 0 Å². The highest BCUT2D eigenvalue weighted by Gasteiger charge is 2.12. The summed E-state index contributed by atoms with van der Waals surface area (Å²) >= 11 is 3.43. The van der Waals surface area contributed by atoms with Crippen molar-refractivity contribution in [2.45, 2.75) is 13.3 Å². The van der Waals surface area contributed by atoms with Gasteiger partial charge in [-0.2, -0.15) is 0 Å². The van der Waals surface area contributed by atoms with Crippen molar-refractivity contribution < 1.29 is 4.79 Å². The van der Waals surface area contributed by atoms with Gasteiger partial charge in [-0.25, -0.2) is 0 Å². The summed E-state index contributed by atoms with van der Waals surface area (Å²) in [6.07, 6.45) is 4.16. The van der Waals surface area contributed by atoms with Gasteiger partial charge in [-0.1, -0.05) is 19.1 Å². The molecule has 0 saturated heterocycles. The summed E-state index contributed by atoms with van der Waals surface area (Å²) in [4.78, 5) is 12.5. The number of rotatable bonds is 4. The first-order chi connectivity index (χ1) is 11.2. The number of benzene rings is 2. The van der Waals surface area contributed by atoms with E-state index in [0.29, 0.717) is 5.56 Å². The van der Waals surface area contributed by atoms with Gasteiger partial charge in [0.05, 0.1) is 5.56 Å². The Morgan fingerprint density at radius 2 is 1.83 bits per heavy atom. The molecule has 2 aromatic carbocycles. The predicted molar refractivity (Wildman–Crippen MR) is 92.8 cm³/mol. The van der Waals surface area contributed by atoms with Gasteiger partial charge in [0.2, 0.25) is 0 Å². The van der Waals surface area contributed by atoms with E-state index < -0.39 is 0 Å². The average molecular weight is 371 g/mol. The molecule has 1 aromatic heterocycles. The minimum Gasteiger partial charge on any atom is -0.322 e. The van der Waals surface area contributed by atoms with Gasteiger partial charge in [0.1, 0.15) is 12.7 Å². The van der Waals surface area contributed by atoms with Crippen LogP contribution in [0.4, 0.5) is 5.69 Å². The number of hydrogen-bond acceptors (Lipinski definition) is 3. The molecule has 0 aliphatic heterocycles. The monoisotopic (exact) mass is 370 g/mol. The van der Waals surface area contributed by atoms with Crippen LogP contribution >= 0.6 is 15.9 Å². The van der Waals surface area contributed by atoms with Crippen molar-refractivity contribution >= 4 is 27.5 Å². The molecule has 0 unspecified atom stereocenters. The number of halogens is 1. The van der Waals surface area contributed by atoms with Crippen LogP contribution in [0.2, 0.25) is 0 Å². The van der Waals surface area contributed by atoms with Crippen LogP contribution in [0.15, 0.2) is 59.6 Å². The molecular weight excluding hydrogens is 356 g/mol. The smallest absolute Gasteiger partial charge is 0.256 e. The van der Waals surface area contributed by atoms with E-state index in [-0.39, 0.29) is 5.91 Å². The van der Waals surface area contributed by atoms with E-state index in [1.807, 2.05) is 36.4 Å². The number of hydrogen-bond donors (Lipinski definition) is 1. The maximum atomic E-state index is 12.5. The average Bonchev–Trinajstić information content (AvgIpc) is 3.10. The van der Waals surface area contributed by atoms with Crippen LogP contribution in [-0.4, -0.2) is 20.7 Å². The molecule has 0 saturated carbocycles. The highest BCUT2D eigenvalue weighted by molar-refractivity contribution is 9.10. The summed E-state index contributed by atoms with van der Waals surface area (Å²) in [6, 6.07) is 13.4. The number of carbonyl (C=O) groups excluding carboxylic acids is 1. The van der Waals surface area contributed by atoms with Crippen LogP contribution < -0.4 is 5.32 Å². The van der Waals surface area contributed by atoms with Crippen LogP contribution in [0.3, 0.4) is 0 Å². The van der Waals surface area contributed by atoms with E-state index in [2.05, 4.69) is 38.4 Å². The molecule has 5 nitrogen and oxygen atoms in total. The SMILES string of the molecule is CCc1ccc(NC(=O)c2cc(-n3cnnc3)ccc2Br)cc1. The lowest BCUT2D eigenvalue weighted by atomic mass is 10.1. The van der Waals surface area contributed by atoms with Gasteiger partial charge in [-0.15, -0.1) is 10.2 Å². The van der Waals surface area contributed by atoms with E-state index >= 15 is 0 Å². The molecule has 3 rings (SSSR count). The van der Waals surface area contributed by atoms with Crippen molar-refractivity contribution in [3.05, 3.63) is 70.7 Å². The maximum absolute atomic E-state index is 12.5. The first-order valence-corrected chi connectivity index (χ1v) is 8.01. The van der Waals surface area contributed by atoms with Gasteiger partial charge in [-0.05, 0) is 58.2 Å². The Kier molecular flexibility index (Phi) is 4.52. The summed E-state index contributed by atoms with van der Waals surface area (Å²) in [7, 11) is 0. The third-order valence-corrected chi connectivity index (χ3v) is 4.22. The molecule has 0 spiro atoms. The summed E-state index contributed by atoms with van der Waals surface area (Å²) in [5.74, 6) is -0.170. The molecular formula is C17H15BrN4O. The lowest BCUT2D eigenvalue weighted by molar-refractivity contribution is 0.102. The molecule has 0 aliphatic rings. The number of nitrogens with zero attached hydrogens (tertiary/aromatic N) is 3. The lowest BCUT2D eigenvalue weighted by Gasteiger charge is -2.10. The zero-order valence-corrected chi connectivity index (χ0v) is 14.1. The van der Waals surface area contributed by atoms with Crippen molar-refractivity contribution in [1.82, 2.24) is 14.8 Å². The Morgan fingerprint density at radius 3 is 2.48 bits per heavy atom. The first kappa shape index (κ1) is 15.4. The quantitative estimate of drug-likeness (QED) is 0.758. The van der Waals surface area contributed by atoms with Gasteiger partial charge in [0.25, 0.3) is 5.91 Å². The second kappa shape index (κ2) is 6.75. The van der Waals surface area contributed by atoms with E-state index in [1.165, 1.54) is 5.56 Å². The number of anilines is 1. The van der Waals surface area contributed by atoms with E-state index in [1.54, 1.807) is 23.3 Å². The fraction of sp³-hybridized carbons (Fsp3) is 0.118. The van der Waals surface area contributed by atoms with Crippen LogP contribution in [0, 0.1) is 0 Å². The fourth-order valence-electron chi connectivity index (χ4n) is 2.20. The second-order valence-electron chi connectivity index (χ2n) is 5.04. The Labute approximate surface area is 142 Å². The molecule has 116 valence electrons. The number of nitrogens with one attached hydrogen (secondary N) is 1. The van der Waals surface area contributed by atoms with E-state index in [4.69, 9.17) is 0 Å². The summed E-state index contributed by atoms with van der Waals surface area (Å²) in [5.41, 5.74) is 3.38. The van der Waals surface area contributed by atoms with Crippen molar-refractivity contribution in [1.29, 1.82) is 0 Å². The van der Waals surface area contributed by atoms with Crippen molar-refractivity contribution in [3.8, 4) is 5.69 Å². The summed E-state index contributed by atoms with van der Waals surface area (Å²) in [6.45, 7) is 2.10. The molecule has 1 amide bonds. The van der Waals surface area contributed by atoms with E-state index in [0.717, 1.165) is 22.3 Å². The van der Waals surface area contributed by atoms with E-state index in [9.17, 15) is 4.79 Å². The predicted octanol–water partition coefficient (Wildman–Crippen LogP) is 3.84. The molecule has 23 heavy (non-hydrogen) atoms. The standard InChI is InChI=1S/C17H15BrN4O/c1-2-12-3-5-13(6-4-12)21-17(23)15-9-14(7-8-16(15)18)22-10-19-20-11-22/h3-11H,2H2,1H3,(H,21,23). The zero-order valence-electron chi connectivity index (χ0n) is 12.5. The van der Waals surface area contributed by atoms with Gasteiger partial charge < -0.3 is 5.32 Å². The van der Waals surface area contributed by atoms with Crippen LogP contribution in [-0.2, 0) is 6.42 Å². The zero-order chi connectivity index (χ0) is 16.2. The minimum atomic E-state index is -0.170. The molecule has 0 fully saturated rings. The van der Waals surface area contributed by atoms with Crippen molar-refractivity contribution in [2.75, 3.05) is 5.32 Å². The van der Waals surface area contributed by atoms with Gasteiger partial charge in [0.15, 0.2) is 0 Å². The Hall–Kier alpha value is -2.47. The molecule has 1 heterocycles. The lowest BCUT2D eigenvalue weighted by Crippen LogP contribution is -2.13. The third-order valence-electron chi connectivity index (χ3n) is 3.53. The fourth-order valence-corrected chi connectivity index (χ4v) is 2.63. The number of aromatic nitrogens is 3. The number of carbonyl (C=O) groups is 1. The van der Waals surface area contributed by atoms with Crippen molar-refractivity contribution in [2.24, 2.45) is 0 Å². The molecule has 0 atom stereocenters. The Bertz CT molecular complexity index is 813. The molecule has 0 aliphatic carbocycles. The van der Waals surface area contributed by atoms with Gasteiger partial charge in [-0.3, -0.25) is 9.36 Å². The highest BCUT2D eigenvalue weighted by Crippen LogP contribution is 2.22. The van der Waals surface area contributed by atoms with Crippen LogP contribution in [0.1, 0.15) is 22.8 Å². The second-order valence-corrected chi connectivity index (χ2v) is 5.89. The molecule has 6 heteroatoms. The molecule has 1 N–H and O–H groups in total. The minimum absolute atomic E-state index is 0.170. The van der Waals surface area contributed by atoms with Crippen LogP contribution in [0.5, 0.6) is 0 Å². The van der Waals surface area contributed by atoms with Gasteiger partial charge in [0, 0.05) is 15.8 Å².